The summed E-state index contributed by atoms with van der Waals surface area (Å²) in [5.74, 6) is 0. The molecule has 0 bridgehead atoms. The van der Waals surface area contributed by atoms with Crippen LogP contribution in [0.25, 0.3) is 0 Å². The van der Waals surface area contributed by atoms with E-state index in [4.69, 9.17) is 0 Å². The van der Waals surface area contributed by atoms with Crippen LogP contribution < -0.4 is 5.32 Å². The zero-order valence-electron chi connectivity index (χ0n) is 9.03. The lowest BCUT2D eigenvalue weighted by Crippen LogP contribution is -2.24. The first-order valence-electron chi connectivity index (χ1n) is 5.32. The molecule has 0 fully saturated rings. The SMILES string of the molecule is C=CCCC1N=C(C)c2ccccc2N1. The number of para-hydroxylation sites is 1. The Balaban J connectivity index is 2.20. The van der Waals surface area contributed by atoms with Crippen LogP contribution in [0.4, 0.5) is 5.69 Å². The summed E-state index contributed by atoms with van der Waals surface area (Å²) < 4.78 is 0. The summed E-state index contributed by atoms with van der Waals surface area (Å²) in [6, 6.07) is 8.30. The minimum atomic E-state index is 0.206. The molecule has 1 aliphatic heterocycles. The zero-order valence-corrected chi connectivity index (χ0v) is 9.03. The zero-order chi connectivity index (χ0) is 10.7. The molecule has 0 saturated heterocycles. The van der Waals surface area contributed by atoms with Crippen molar-refractivity contribution >= 4 is 11.4 Å². The molecule has 0 aliphatic carbocycles. The van der Waals surface area contributed by atoms with Crippen molar-refractivity contribution in [3.05, 3.63) is 42.5 Å². The average molecular weight is 200 g/mol. The highest BCUT2D eigenvalue weighted by Gasteiger charge is 2.15. The molecule has 1 aromatic carbocycles. The van der Waals surface area contributed by atoms with Crippen molar-refractivity contribution in [1.82, 2.24) is 0 Å². The Morgan fingerprint density at radius 2 is 2.27 bits per heavy atom. The first kappa shape index (κ1) is 9.97. The maximum absolute atomic E-state index is 4.62. The lowest BCUT2D eigenvalue weighted by atomic mass is 10.1. The third kappa shape index (κ3) is 2.09. The fourth-order valence-electron chi connectivity index (χ4n) is 1.85. The molecule has 1 heterocycles. The Morgan fingerprint density at radius 3 is 3.07 bits per heavy atom. The number of benzene rings is 1. The third-order valence-corrected chi connectivity index (χ3v) is 2.63. The van der Waals surface area contributed by atoms with Gasteiger partial charge in [-0.1, -0.05) is 24.3 Å². The normalized spacial score (nSPS) is 18.7. The van der Waals surface area contributed by atoms with Crippen molar-refractivity contribution in [2.24, 2.45) is 4.99 Å². The van der Waals surface area contributed by atoms with Gasteiger partial charge >= 0.3 is 0 Å². The fraction of sp³-hybridized carbons (Fsp3) is 0.308. The van der Waals surface area contributed by atoms with Crippen LogP contribution in [0, 0.1) is 0 Å². The molecule has 1 unspecified atom stereocenters. The summed E-state index contributed by atoms with van der Waals surface area (Å²) in [6.07, 6.45) is 4.15. The van der Waals surface area contributed by atoms with E-state index in [1.807, 2.05) is 12.1 Å². The molecule has 0 aromatic heterocycles. The predicted octanol–water partition coefficient (Wildman–Crippen LogP) is 3.21. The van der Waals surface area contributed by atoms with Crippen molar-refractivity contribution in [3.63, 3.8) is 0 Å². The molecule has 1 aliphatic rings. The number of rotatable bonds is 3. The number of anilines is 1. The van der Waals surface area contributed by atoms with E-state index in [1.54, 1.807) is 0 Å². The smallest absolute Gasteiger partial charge is 0.119 e. The van der Waals surface area contributed by atoms with Crippen LogP contribution in [0.3, 0.4) is 0 Å². The third-order valence-electron chi connectivity index (χ3n) is 2.63. The van der Waals surface area contributed by atoms with Crippen molar-refractivity contribution in [2.75, 3.05) is 5.32 Å². The summed E-state index contributed by atoms with van der Waals surface area (Å²) >= 11 is 0. The molecule has 2 heteroatoms. The number of fused-ring (bicyclic) bond motifs is 1. The summed E-state index contributed by atoms with van der Waals surface area (Å²) in [4.78, 5) is 4.62. The van der Waals surface area contributed by atoms with Gasteiger partial charge < -0.3 is 5.32 Å². The maximum atomic E-state index is 4.62. The number of nitrogens with one attached hydrogen (secondary N) is 1. The molecule has 78 valence electrons. The number of hydrogen-bond donors (Lipinski definition) is 1. The Morgan fingerprint density at radius 1 is 1.47 bits per heavy atom. The largest absolute Gasteiger partial charge is 0.363 e. The standard InChI is InChI=1S/C13H16N2/c1-3-4-9-13-14-10(2)11-7-5-6-8-12(11)15-13/h3,5-8,13,15H,1,4,9H2,2H3. The maximum Gasteiger partial charge on any atom is 0.119 e. The highest BCUT2D eigenvalue weighted by Crippen LogP contribution is 2.23. The second-order valence-corrected chi connectivity index (χ2v) is 3.79. The fourth-order valence-corrected chi connectivity index (χ4v) is 1.85. The van der Waals surface area contributed by atoms with Gasteiger partial charge in [-0.3, -0.25) is 4.99 Å². The van der Waals surface area contributed by atoms with Gasteiger partial charge in [0, 0.05) is 17.0 Å². The lowest BCUT2D eigenvalue weighted by molar-refractivity contribution is 0.687. The van der Waals surface area contributed by atoms with Crippen LogP contribution in [0.5, 0.6) is 0 Å². The summed E-state index contributed by atoms with van der Waals surface area (Å²) in [6.45, 7) is 5.80. The van der Waals surface area contributed by atoms with Crippen molar-refractivity contribution in [3.8, 4) is 0 Å². The van der Waals surface area contributed by atoms with E-state index < -0.39 is 0 Å². The monoisotopic (exact) mass is 200 g/mol. The van der Waals surface area contributed by atoms with Gasteiger partial charge in [-0.15, -0.1) is 6.58 Å². The Kier molecular flexibility index (Phi) is 2.86. The molecule has 2 nitrogen and oxygen atoms in total. The van der Waals surface area contributed by atoms with Crippen molar-refractivity contribution in [1.29, 1.82) is 0 Å². The Bertz CT molecular complexity index is 393. The molecule has 15 heavy (non-hydrogen) atoms. The van der Waals surface area contributed by atoms with E-state index in [0.717, 1.165) is 18.6 Å². The van der Waals surface area contributed by atoms with Crippen LogP contribution in [-0.4, -0.2) is 11.9 Å². The van der Waals surface area contributed by atoms with E-state index >= 15 is 0 Å². The topological polar surface area (TPSA) is 24.4 Å². The highest BCUT2D eigenvalue weighted by molar-refractivity contribution is 6.04. The Hall–Kier alpha value is -1.57. The van der Waals surface area contributed by atoms with Crippen LogP contribution in [-0.2, 0) is 0 Å². The molecule has 1 atom stereocenters. The predicted molar refractivity (Wildman–Crippen MR) is 65.5 cm³/mol. The van der Waals surface area contributed by atoms with E-state index in [2.05, 4.69) is 42.0 Å². The van der Waals surface area contributed by atoms with Crippen LogP contribution >= 0.6 is 0 Å². The van der Waals surface area contributed by atoms with Crippen LogP contribution in [0.2, 0.25) is 0 Å². The minimum Gasteiger partial charge on any atom is -0.363 e. The molecule has 1 N–H and O–H groups in total. The molecule has 0 radical (unpaired) electrons. The second-order valence-electron chi connectivity index (χ2n) is 3.79. The van der Waals surface area contributed by atoms with Gasteiger partial charge in [-0.25, -0.2) is 0 Å². The van der Waals surface area contributed by atoms with E-state index in [0.29, 0.717) is 0 Å². The molecule has 0 spiro atoms. The summed E-state index contributed by atoms with van der Waals surface area (Å²) in [7, 11) is 0. The van der Waals surface area contributed by atoms with Gasteiger partial charge in [-0.2, -0.15) is 0 Å². The first-order chi connectivity index (χ1) is 7.31. The molecular weight excluding hydrogens is 184 g/mol. The summed E-state index contributed by atoms with van der Waals surface area (Å²) in [5, 5.41) is 3.43. The number of nitrogens with zero attached hydrogens (tertiary/aromatic N) is 1. The van der Waals surface area contributed by atoms with Gasteiger partial charge in [0.05, 0.1) is 0 Å². The number of hydrogen-bond acceptors (Lipinski definition) is 2. The molecular formula is C13H16N2. The van der Waals surface area contributed by atoms with E-state index in [9.17, 15) is 0 Å². The number of aliphatic imine (C=N–C) groups is 1. The average Bonchev–Trinajstić information content (AvgIpc) is 2.26. The summed E-state index contributed by atoms with van der Waals surface area (Å²) in [5.41, 5.74) is 3.53. The minimum absolute atomic E-state index is 0.206. The quantitative estimate of drug-likeness (QED) is 0.744. The van der Waals surface area contributed by atoms with Gasteiger partial charge in [0.1, 0.15) is 6.17 Å². The van der Waals surface area contributed by atoms with Gasteiger partial charge in [-0.05, 0) is 25.8 Å². The van der Waals surface area contributed by atoms with Crippen LogP contribution in [0.1, 0.15) is 25.3 Å². The molecule has 0 amide bonds. The first-order valence-corrected chi connectivity index (χ1v) is 5.32. The van der Waals surface area contributed by atoms with Crippen LogP contribution in [0.15, 0.2) is 41.9 Å². The molecule has 2 rings (SSSR count). The van der Waals surface area contributed by atoms with Crippen molar-refractivity contribution in [2.45, 2.75) is 25.9 Å². The van der Waals surface area contributed by atoms with E-state index in [-0.39, 0.29) is 6.17 Å². The van der Waals surface area contributed by atoms with E-state index in [1.165, 1.54) is 11.3 Å². The Labute approximate surface area is 90.7 Å². The molecule has 1 aromatic rings. The highest BCUT2D eigenvalue weighted by atomic mass is 15.1. The van der Waals surface area contributed by atoms with Gasteiger partial charge in [0.2, 0.25) is 0 Å². The lowest BCUT2D eigenvalue weighted by Gasteiger charge is -2.23. The van der Waals surface area contributed by atoms with Crippen molar-refractivity contribution < 1.29 is 0 Å². The van der Waals surface area contributed by atoms with Gasteiger partial charge in [0.25, 0.3) is 0 Å². The molecule has 0 saturated carbocycles. The number of allylic oxidation sites excluding steroid dienone is 1. The van der Waals surface area contributed by atoms with Gasteiger partial charge in [0.15, 0.2) is 0 Å². The second kappa shape index (κ2) is 4.30.